The first-order valence-electron chi connectivity index (χ1n) is 12.3. The first-order chi connectivity index (χ1) is 18.0. The molecule has 11 nitrogen and oxygen atoms in total. The molecule has 0 aliphatic carbocycles. The Labute approximate surface area is 219 Å². The number of nitrogens with one attached hydrogen (secondary N) is 4. The summed E-state index contributed by atoms with van der Waals surface area (Å²) in [4.78, 5) is 75.0. The van der Waals surface area contributed by atoms with Crippen molar-refractivity contribution in [2.75, 3.05) is 5.32 Å². The number of rotatable bonds is 7. The van der Waals surface area contributed by atoms with Crippen LogP contribution in [0.5, 0.6) is 0 Å². The maximum Gasteiger partial charge on any atom is 0.319 e. The van der Waals surface area contributed by atoms with Gasteiger partial charge in [-0.25, -0.2) is 4.79 Å². The van der Waals surface area contributed by atoms with Crippen LogP contribution in [-0.2, 0) is 16.1 Å². The lowest BCUT2D eigenvalue weighted by molar-refractivity contribution is -0.136. The van der Waals surface area contributed by atoms with E-state index in [9.17, 15) is 28.8 Å². The fraction of sp³-hybridized carbons (Fsp3) is 0.333. The van der Waals surface area contributed by atoms with E-state index in [1.165, 1.54) is 12.1 Å². The van der Waals surface area contributed by atoms with E-state index < -0.39 is 35.7 Å². The predicted molar refractivity (Wildman–Crippen MR) is 137 cm³/mol. The molecule has 0 spiro atoms. The molecule has 2 aromatic carbocycles. The van der Waals surface area contributed by atoms with Gasteiger partial charge in [0.15, 0.2) is 0 Å². The van der Waals surface area contributed by atoms with Crippen molar-refractivity contribution in [2.45, 2.75) is 58.2 Å². The number of urea groups is 1. The Balaban J connectivity index is 1.34. The standard InChI is InChI=1S/C27H29N5O6/c1-4-27(2,3)31-22(34)16-6-8-17(9-7-16)29-26(38)28-14-15-5-10-18-19(13-15)25(37)32(24(18)36)20-11-12-21(33)30-23(20)35/h5-10,13,20H,4,11-12,14H2,1-3H3,(H,31,34)(H2,28,29,38)(H,30,33,35). The van der Waals surface area contributed by atoms with Crippen LogP contribution in [0.25, 0.3) is 0 Å². The fourth-order valence-corrected chi connectivity index (χ4v) is 4.16. The molecular formula is C27H29N5O6. The first kappa shape index (κ1) is 26.5. The van der Waals surface area contributed by atoms with Gasteiger partial charge in [0.2, 0.25) is 11.8 Å². The number of benzene rings is 2. The molecule has 0 radical (unpaired) electrons. The molecule has 38 heavy (non-hydrogen) atoms. The van der Waals surface area contributed by atoms with Gasteiger partial charge in [-0.15, -0.1) is 0 Å². The third-order valence-corrected chi connectivity index (χ3v) is 6.70. The minimum Gasteiger partial charge on any atom is -0.347 e. The number of fused-ring (bicyclic) bond motifs is 1. The number of nitrogens with zero attached hydrogens (tertiary/aromatic N) is 1. The molecule has 198 valence electrons. The zero-order valence-corrected chi connectivity index (χ0v) is 21.3. The van der Waals surface area contributed by atoms with Crippen molar-refractivity contribution in [1.29, 1.82) is 0 Å². The molecule has 4 rings (SSSR count). The topological polar surface area (TPSA) is 154 Å². The third kappa shape index (κ3) is 5.56. The number of carbonyl (C=O) groups is 6. The summed E-state index contributed by atoms with van der Waals surface area (Å²) in [6, 6.07) is 9.55. The number of imide groups is 2. The van der Waals surface area contributed by atoms with Crippen LogP contribution in [0.1, 0.15) is 76.7 Å². The minimum atomic E-state index is -1.04. The highest BCUT2D eigenvalue weighted by Gasteiger charge is 2.44. The minimum absolute atomic E-state index is 0.0427. The molecule has 1 unspecified atom stereocenters. The number of piperidine rings is 1. The van der Waals surface area contributed by atoms with Crippen LogP contribution in [0.4, 0.5) is 10.5 Å². The van der Waals surface area contributed by atoms with Gasteiger partial charge in [-0.2, -0.15) is 0 Å². The summed E-state index contributed by atoms with van der Waals surface area (Å²) in [6.07, 6.45) is 0.902. The van der Waals surface area contributed by atoms with E-state index in [4.69, 9.17) is 0 Å². The van der Waals surface area contributed by atoms with Crippen LogP contribution in [0.2, 0.25) is 0 Å². The average molecular weight is 520 g/mol. The van der Waals surface area contributed by atoms with Crippen molar-refractivity contribution in [3.8, 4) is 0 Å². The Hall–Kier alpha value is -4.54. The van der Waals surface area contributed by atoms with E-state index in [1.807, 2.05) is 20.8 Å². The average Bonchev–Trinajstić information content (AvgIpc) is 3.12. The van der Waals surface area contributed by atoms with E-state index in [0.29, 0.717) is 16.8 Å². The molecule has 1 fully saturated rings. The number of hydrogen-bond donors (Lipinski definition) is 4. The number of carbonyl (C=O) groups excluding carboxylic acids is 6. The summed E-state index contributed by atoms with van der Waals surface area (Å²) in [6.45, 7) is 5.94. The highest BCUT2D eigenvalue weighted by Crippen LogP contribution is 2.28. The molecule has 1 saturated heterocycles. The maximum absolute atomic E-state index is 12.9. The Morgan fingerprint density at radius 3 is 2.34 bits per heavy atom. The Bertz CT molecular complexity index is 1330. The lowest BCUT2D eigenvalue weighted by Crippen LogP contribution is -2.54. The van der Waals surface area contributed by atoms with Crippen molar-refractivity contribution < 1.29 is 28.8 Å². The van der Waals surface area contributed by atoms with Gasteiger partial charge in [-0.05, 0) is 68.7 Å². The van der Waals surface area contributed by atoms with Crippen molar-refractivity contribution in [3.63, 3.8) is 0 Å². The van der Waals surface area contributed by atoms with Gasteiger partial charge >= 0.3 is 6.03 Å². The zero-order chi connectivity index (χ0) is 27.6. The predicted octanol–water partition coefficient (Wildman–Crippen LogP) is 2.33. The molecule has 2 aliphatic heterocycles. The van der Waals surface area contributed by atoms with E-state index in [1.54, 1.807) is 30.3 Å². The highest BCUT2D eigenvalue weighted by molar-refractivity contribution is 6.23. The fourth-order valence-electron chi connectivity index (χ4n) is 4.16. The number of hydrogen-bond acceptors (Lipinski definition) is 6. The van der Waals surface area contributed by atoms with Crippen LogP contribution in [0.15, 0.2) is 42.5 Å². The second-order valence-corrected chi connectivity index (χ2v) is 9.90. The van der Waals surface area contributed by atoms with Crippen molar-refractivity contribution >= 4 is 41.3 Å². The van der Waals surface area contributed by atoms with E-state index in [-0.39, 0.29) is 42.0 Å². The Morgan fingerprint density at radius 1 is 1.00 bits per heavy atom. The van der Waals surface area contributed by atoms with Gasteiger partial charge in [0, 0.05) is 29.8 Å². The Morgan fingerprint density at radius 2 is 1.68 bits per heavy atom. The largest absolute Gasteiger partial charge is 0.347 e. The maximum atomic E-state index is 12.9. The smallest absolute Gasteiger partial charge is 0.319 e. The molecule has 4 N–H and O–H groups in total. The molecule has 1 atom stereocenters. The van der Waals surface area contributed by atoms with E-state index in [0.717, 1.165) is 11.3 Å². The quantitative estimate of drug-likeness (QED) is 0.412. The van der Waals surface area contributed by atoms with Gasteiger partial charge in [0.25, 0.3) is 17.7 Å². The summed E-state index contributed by atoms with van der Waals surface area (Å²) in [5, 5.41) is 10.5. The molecule has 0 bridgehead atoms. The normalized spacial score (nSPS) is 17.1. The van der Waals surface area contributed by atoms with Crippen LogP contribution in [0.3, 0.4) is 0 Å². The van der Waals surface area contributed by atoms with Gasteiger partial charge in [-0.3, -0.25) is 34.2 Å². The zero-order valence-electron chi connectivity index (χ0n) is 21.3. The third-order valence-electron chi connectivity index (χ3n) is 6.70. The lowest BCUT2D eigenvalue weighted by Gasteiger charge is -2.27. The lowest BCUT2D eigenvalue weighted by atomic mass is 10.0. The van der Waals surface area contributed by atoms with Gasteiger partial charge in [-0.1, -0.05) is 13.0 Å². The van der Waals surface area contributed by atoms with Crippen molar-refractivity contribution in [2.24, 2.45) is 0 Å². The van der Waals surface area contributed by atoms with Crippen molar-refractivity contribution in [3.05, 3.63) is 64.7 Å². The summed E-state index contributed by atoms with van der Waals surface area (Å²) >= 11 is 0. The summed E-state index contributed by atoms with van der Waals surface area (Å²) in [7, 11) is 0. The molecule has 7 amide bonds. The highest BCUT2D eigenvalue weighted by atomic mass is 16.2. The molecule has 2 aromatic rings. The van der Waals surface area contributed by atoms with E-state index in [2.05, 4.69) is 21.3 Å². The van der Waals surface area contributed by atoms with E-state index >= 15 is 0 Å². The number of anilines is 1. The second-order valence-electron chi connectivity index (χ2n) is 9.90. The van der Waals surface area contributed by atoms with Gasteiger partial charge in [0.1, 0.15) is 6.04 Å². The molecule has 0 saturated carbocycles. The second kappa shape index (κ2) is 10.4. The summed E-state index contributed by atoms with van der Waals surface area (Å²) in [5.74, 6) is -2.52. The van der Waals surface area contributed by atoms with Gasteiger partial charge in [0.05, 0.1) is 11.1 Å². The van der Waals surface area contributed by atoms with Crippen LogP contribution >= 0.6 is 0 Å². The van der Waals surface area contributed by atoms with Gasteiger partial charge < -0.3 is 16.0 Å². The monoisotopic (exact) mass is 519 g/mol. The Kier molecular flexibility index (Phi) is 7.29. The summed E-state index contributed by atoms with van der Waals surface area (Å²) < 4.78 is 0. The SMILES string of the molecule is CCC(C)(C)NC(=O)c1ccc(NC(=O)NCc2ccc3c(c2)C(=O)N(C2CCC(=O)NC2=O)C3=O)cc1. The molecule has 11 heteroatoms. The number of amides is 7. The molecule has 2 heterocycles. The molecule has 0 aromatic heterocycles. The first-order valence-corrected chi connectivity index (χ1v) is 12.3. The van der Waals surface area contributed by atoms with Crippen LogP contribution in [-0.4, -0.2) is 52.0 Å². The van der Waals surface area contributed by atoms with Crippen LogP contribution in [0, 0.1) is 0 Å². The van der Waals surface area contributed by atoms with Crippen LogP contribution < -0.4 is 21.3 Å². The molecule has 2 aliphatic rings. The summed E-state index contributed by atoms with van der Waals surface area (Å²) in [5.41, 5.74) is 1.52. The molecular weight excluding hydrogens is 490 g/mol. The van der Waals surface area contributed by atoms with Crippen molar-refractivity contribution in [1.82, 2.24) is 20.9 Å².